The lowest BCUT2D eigenvalue weighted by Gasteiger charge is -2.24. The van der Waals surface area contributed by atoms with Gasteiger partial charge in [0.15, 0.2) is 17.2 Å². The van der Waals surface area contributed by atoms with Gasteiger partial charge in [-0.15, -0.1) is 0 Å². The van der Waals surface area contributed by atoms with Crippen molar-refractivity contribution in [1.29, 1.82) is 0 Å². The highest BCUT2D eigenvalue weighted by molar-refractivity contribution is 6.25. The SMILES string of the molecule is CN1CCCN(c2ccc3c(c2)CCC(=O)C(c2cn4cc(F)cc(F)c4n2)=C3)CC1. The molecule has 0 N–H and O–H groups in total. The van der Waals surface area contributed by atoms with Gasteiger partial charge in [0.2, 0.25) is 0 Å². The highest BCUT2D eigenvalue weighted by Crippen LogP contribution is 2.30. The van der Waals surface area contributed by atoms with Crippen molar-refractivity contribution in [3.8, 4) is 0 Å². The third-order valence-electron chi connectivity index (χ3n) is 6.18. The number of carbonyl (C=O) groups excluding carboxylic acids is 1. The molecule has 0 unspecified atom stereocenters. The number of hydrogen-bond donors (Lipinski definition) is 0. The molecule has 0 radical (unpaired) electrons. The molecule has 2 aliphatic rings. The van der Waals surface area contributed by atoms with Crippen LogP contribution in [0.25, 0.3) is 17.3 Å². The second-order valence-corrected chi connectivity index (χ2v) is 8.37. The molecule has 0 amide bonds. The predicted octanol–water partition coefficient (Wildman–Crippen LogP) is 3.81. The molecule has 0 spiro atoms. The molecule has 3 aromatic rings. The molecule has 31 heavy (non-hydrogen) atoms. The topological polar surface area (TPSA) is 40.9 Å². The number of carbonyl (C=O) groups is 1. The minimum atomic E-state index is -0.749. The van der Waals surface area contributed by atoms with E-state index in [1.807, 2.05) is 12.1 Å². The molecule has 7 heteroatoms. The smallest absolute Gasteiger partial charge is 0.173 e. The van der Waals surface area contributed by atoms with Gasteiger partial charge < -0.3 is 14.2 Å². The maximum Gasteiger partial charge on any atom is 0.173 e. The molecule has 0 bridgehead atoms. The van der Waals surface area contributed by atoms with E-state index in [4.69, 9.17) is 0 Å². The Kier molecular flexibility index (Phi) is 5.06. The van der Waals surface area contributed by atoms with E-state index in [9.17, 15) is 13.6 Å². The molecule has 0 atom stereocenters. The van der Waals surface area contributed by atoms with Crippen LogP contribution in [0.2, 0.25) is 0 Å². The van der Waals surface area contributed by atoms with Crippen LogP contribution in [-0.2, 0) is 11.2 Å². The van der Waals surface area contributed by atoms with Crippen LogP contribution in [0.4, 0.5) is 14.5 Å². The van der Waals surface area contributed by atoms with Gasteiger partial charge in [-0.3, -0.25) is 4.79 Å². The van der Waals surface area contributed by atoms with Crippen LogP contribution < -0.4 is 4.90 Å². The van der Waals surface area contributed by atoms with E-state index >= 15 is 0 Å². The number of pyridine rings is 1. The Labute approximate surface area is 179 Å². The monoisotopic (exact) mass is 422 g/mol. The first-order valence-corrected chi connectivity index (χ1v) is 10.6. The molecule has 5 nitrogen and oxygen atoms in total. The zero-order valence-electron chi connectivity index (χ0n) is 17.4. The van der Waals surface area contributed by atoms with E-state index in [0.717, 1.165) is 56.0 Å². The number of benzene rings is 1. The maximum absolute atomic E-state index is 14.1. The number of rotatable bonds is 2. The molecule has 1 aromatic carbocycles. The van der Waals surface area contributed by atoms with Gasteiger partial charge in [-0.05, 0) is 55.8 Å². The number of ketones is 1. The fourth-order valence-electron chi connectivity index (χ4n) is 4.44. The van der Waals surface area contributed by atoms with Crippen molar-refractivity contribution in [3.05, 3.63) is 65.1 Å². The Bertz CT molecular complexity index is 1200. The molecule has 1 aliphatic heterocycles. The largest absolute Gasteiger partial charge is 0.370 e. The number of aryl methyl sites for hydroxylation is 1. The highest BCUT2D eigenvalue weighted by atomic mass is 19.1. The van der Waals surface area contributed by atoms with Crippen molar-refractivity contribution in [2.75, 3.05) is 38.1 Å². The number of nitrogens with zero attached hydrogens (tertiary/aromatic N) is 4. The Morgan fingerprint density at radius 2 is 1.87 bits per heavy atom. The molecular weight excluding hydrogens is 398 g/mol. The predicted molar refractivity (Wildman–Crippen MR) is 117 cm³/mol. The summed E-state index contributed by atoms with van der Waals surface area (Å²) < 4.78 is 28.9. The first-order valence-electron chi connectivity index (χ1n) is 10.6. The number of hydrogen-bond acceptors (Lipinski definition) is 4. The van der Waals surface area contributed by atoms with Crippen LogP contribution in [0.1, 0.15) is 29.7 Å². The normalized spacial score (nSPS) is 18.0. The molecule has 160 valence electrons. The Morgan fingerprint density at radius 1 is 1.00 bits per heavy atom. The lowest BCUT2D eigenvalue weighted by molar-refractivity contribution is -0.113. The van der Waals surface area contributed by atoms with Crippen molar-refractivity contribution in [1.82, 2.24) is 14.3 Å². The van der Waals surface area contributed by atoms with E-state index in [1.54, 1.807) is 0 Å². The summed E-state index contributed by atoms with van der Waals surface area (Å²) >= 11 is 0. The first kappa shape index (κ1) is 19.9. The van der Waals surface area contributed by atoms with Gasteiger partial charge in [0.1, 0.15) is 5.82 Å². The van der Waals surface area contributed by atoms with Crippen molar-refractivity contribution in [2.45, 2.75) is 19.3 Å². The molecule has 5 rings (SSSR count). The standard InChI is InChI=1S/C24H24F2N4O/c1-28-7-2-8-29(10-9-28)19-5-3-17-12-20(23(31)6-4-16(17)11-19)22-15-30-14-18(25)13-21(26)24(30)27-22/h3,5,11-15H,2,4,6-10H2,1H3. The van der Waals surface area contributed by atoms with Crippen molar-refractivity contribution in [3.63, 3.8) is 0 Å². The first-order chi connectivity index (χ1) is 15.0. The van der Waals surface area contributed by atoms with Crippen LogP contribution in [-0.4, -0.2) is 53.3 Å². The van der Waals surface area contributed by atoms with Gasteiger partial charge >= 0.3 is 0 Å². The highest BCUT2D eigenvalue weighted by Gasteiger charge is 2.22. The lowest BCUT2D eigenvalue weighted by atomic mass is 10.0. The molecule has 1 aliphatic carbocycles. The number of aromatic nitrogens is 2. The summed E-state index contributed by atoms with van der Waals surface area (Å²) in [5.74, 6) is -1.48. The summed E-state index contributed by atoms with van der Waals surface area (Å²) in [5, 5.41) is 0. The lowest BCUT2D eigenvalue weighted by Crippen LogP contribution is -2.28. The summed E-state index contributed by atoms with van der Waals surface area (Å²) in [4.78, 5) is 21.9. The second kappa shape index (κ2) is 7.89. The summed E-state index contributed by atoms with van der Waals surface area (Å²) in [7, 11) is 2.15. The van der Waals surface area contributed by atoms with Crippen LogP contribution >= 0.6 is 0 Å². The molecule has 3 heterocycles. The minimum absolute atomic E-state index is 0.0102. The number of imidazole rings is 1. The van der Waals surface area contributed by atoms with Gasteiger partial charge in [-0.2, -0.15) is 0 Å². The van der Waals surface area contributed by atoms with E-state index < -0.39 is 11.6 Å². The third kappa shape index (κ3) is 3.85. The fourth-order valence-corrected chi connectivity index (χ4v) is 4.44. The summed E-state index contributed by atoms with van der Waals surface area (Å²) in [6.45, 7) is 4.14. The third-order valence-corrected chi connectivity index (χ3v) is 6.18. The van der Waals surface area contributed by atoms with Gasteiger partial charge in [0.05, 0.1) is 5.69 Å². The summed E-state index contributed by atoms with van der Waals surface area (Å²) in [6, 6.07) is 7.14. The van der Waals surface area contributed by atoms with Gasteiger partial charge in [-0.1, -0.05) is 6.07 Å². The van der Waals surface area contributed by atoms with E-state index in [0.29, 0.717) is 24.1 Å². The number of likely N-dealkylation sites (N-methyl/N-ethyl adjacent to an activating group) is 1. The molecular formula is C24H24F2N4O. The number of allylic oxidation sites excluding steroid dienone is 1. The number of halogens is 2. The Morgan fingerprint density at radius 3 is 2.74 bits per heavy atom. The van der Waals surface area contributed by atoms with Gasteiger partial charge in [0, 0.05) is 55.8 Å². The number of fused-ring (bicyclic) bond motifs is 2. The van der Waals surface area contributed by atoms with Gasteiger partial charge in [-0.25, -0.2) is 13.8 Å². The second-order valence-electron chi connectivity index (χ2n) is 8.37. The van der Waals surface area contributed by atoms with E-state index in [2.05, 4.69) is 34.0 Å². The fraction of sp³-hybridized carbons (Fsp3) is 0.333. The van der Waals surface area contributed by atoms with E-state index in [1.165, 1.54) is 16.3 Å². The van der Waals surface area contributed by atoms with Crippen LogP contribution in [0.3, 0.4) is 0 Å². The Balaban J connectivity index is 1.51. The number of anilines is 1. The van der Waals surface area contributed by atoms with Crippen molar-refractivity contribution >= 4 is 28.8 Å². The average molecular weight is 422 g/mol. The van der Waals surface area contributed by atoms with Crippen LogP contribution in [0.15, 0.2) is 36.7 Å². The molecule has 0 saturated carbocycles. The minimum Gasteiger partial charge on any atom is -0.370 e. The van der Waals surface area contributed by atoms with E-state index in [-0.39, 0.29) is 11.4 Å². The maximum atomic E-state index is 14.1. The molecule has 2 aromatic heterocycles. The van der Waals surface area contributed by atoms with Crippen molar-refractivity contribution < 1.29 is 13.6 Å². The summed E-state index contributed by atoms with van der Waals surface area (Å²) in [5.41, 5.74) is 4.09. The Hall–Kier alpha value is -3.06. The van der Waals surface area contributed by atoms with Crippen molar-refractivity contribution in [2.24, 2.45) is 0 Å². The quantitative estimate of drug-likeness (QED) is 0.630. The molecule has 1 saturated heterocycles. The average Bonchev–Trinajstić information content (AvgIpc) is 2.94. The van der Waals surface area contributed by atoms with Crippen LogP contribution in [0.5, 0.6) is 0 Å². The van der Waals surface area contributed by atoms with Crippen LogP contribution in [0, 0.1) is 11.6 Å². The van der Waals surface area contributed by atoms with Gasteiger partial charge in [0.25, 0.3) is 0 Å². The number of Topliss-reactive ketones (excluding diaryl/α,β-unsaturated/α-hetero) is 1. The zero-order valence-corrected chi connectivity index (χ0v) is 17.4. The zero-order chi connectivity index (χ0) is 21.5. The summed E-state index contributed by atoms with van der Waals surface area (Å²) in [6.07, 6.45) is 6.64. The molecule has 1 fully saturated rings.